The zero-order valence-corrected chi connectivity index (χ0v) is 24.7. The highest BCUT2D eigenvalue weighted by Crippen LogP contribution is 2.29. The van der Waals surface area contributed by atoms with E-state index in [0.717, 1.165) is 42.2 Å². The van der Waals surface area contributed by atoms with Gasteiger partial charge in [-0.3, -0.25) is 4.79 Å². The molecule has 4 rings (SSSR count). The molecule has 42 heavy (non-hydrogen) atoms. The number of rotatable bonds is 10. The summed E-state index contributed by atoms with van der Waals surface area (Å²) >= 11 is 0. The van der Waals surface area contributed by atoms with Crippen molar-refractivity contribution in [2.75, 3.05) is 45.2 Å². The molecular formula is C32H37F3N4O3. The van der Waals surface area contributed by atoms with Crippen LogP contribution in [0.4, 0.5) is 18.9 Å². The van der Waals surface area contributed by atoms with Crippen LogP contribution in [-0.4, -0.2) is 62.1 Å². The van der Waals surface area contributed by atoms with Crippen LogP contribution in [0.2, 0.25) is 0 Å². The van der Waals surface area contributed by atoms with E-state index in [4.69, 9.17) is 9.73 Å². The molecule has 0 aliphatic carbocycles. The number of hydrogen-bond donors (Lipinski definition) is 0. The lowest BCUT2D eigenvalue weighted by atomic mass is 10.1. The average molecular weight is 583 g/mol. The highest BCUT2D eigenvalue weighted by atomic mass is 19.4. The number of nitrogens with zero attached hydrogens (tertiary/aromatic N) is 4. The number of anilines is 1. The fraction of sp³-hybridized carbons (Fsp3) is 0.375. The molecule has 2 heterocycles. The third-order valence-electron chi connectivity index (χ3n) is 7.13. The maximum Gasteiger partial charge on any atom is 0.573 e. The first kappa shape index (κ1) is 30.9. The van der Waals surface area contributed by atoms with E-state index in [0.29, 0.717) is 36.4 Å². The maximum atomic E-state index is 13.8. The van der Waals surface area contributed by atoms with Gasteiger partial charge in [0, 0.05) is 43.0 Å². The molecule has 1 aromatic heterocycles. The van der Waals surface area contributed by atoms with E-state index in [-0.39, 0.29) is 17.2 Å². The fourth-order valence-corrected chi connectivity index (χ4v) is 4.77. The zero-order valence-electron chi connectivity index (χ0n) is 24.7. The molecule has 1 aliphatic rings. The van der Waals surface area contributed by atoms with Crippen LogP contribution >= 0.6 is 0 Å². The number of ether oxygens (including phenoxy) is 2. The predicted molar refractivity (Wildman–Crippen MR) is 160 cm³/mol. The van der Waals surface area contributed by atoms with Gasteiger partial charge in [-0.25, -0.2) is 4.99 Å². The van der Waals surface area contributed by atoms with Gasteiger partial charge in [0.1, 0.15) is 11.3 Å². The minimum atomic E-state index is -4.77. The molecule has 0 bridgehead atoms. The highest BCUT2D eigenvalue weighted by molar-refractivity contribution is 5.98. The molecule has 7 nitrogen and oxygen atoms in total. The van der Waals surface area contributed by atoms with Crippen LogP contribution in [0.25, 0.3) is 5.70 Å². The maximum absolute atomic E-state index is 13.8. The lowest BCUT2D eigenvalue weighted by Crippen LogP contribution is -2.32. The van der Waals surface area contributed by atoms with Gasteiger partial charge in [-0.1, -0.05) is 12.1 Å². The number of halogens is 3. The lowest BCUT2D eigenvalue weighted by molar-refractivity contribution is -0.274. The Labute approximate surface area is 244 Å². The molecular weight excluding hydrogens is 545 g/mol. The topological polar surface area (TPSA) is 59.3 Å². The van der Waals surface area contributed by atoms with Crippen molar-refractivity contribution < 1.29 is 22.6 Å². The van der Waals surface area contributed by atoms with Gasteiger partial charge in [0.25, 0.3) is 5.56 Å². The van der Waals surface area contributed by atoms with Crippen molar-refractivity contribution in [2.45, 2.75) is 40.1 Å². The van der Waals surface area contributed by atoms with E-state index in [1.54, 1.807) is 10.6 Å². The number of aliphatic imine (C=N–C) groups is 1. The molecule has 1 aliphatic heterocycles. The summed E-state index contributed by atoms with van der Waals surface area (Å²) in [5.41, 5.74) is 5.05. The summed E-state index contributed by atoms with van der Waals surface area (Å²) in [6, 6.07) is 17.3. The Morgan fingerprint density at radius 2 is 1.76 bits per heavy atom. The summed E-state index contributed by atoms with van der Waals surface area (Å²) in [6.07, 6.45) is -4.22. The van der Waals surface area contributed by atoms with E-state index in [1.165, 1.54) is 24.3 Å². The molecule has 0 fully saturated rings. The van der Waals surface area contributed by atoms with Gasteiger partial charge in [-0.2, -0.15) is 0 Å². The van der Waals surface area contributed by atoms with Crippen molar-refractivity contribution in [3.8, 4) is 5.75 Å². The van der Waals surface area contributed by atoms with E-state index >= 15 is 0 Å². The molecule has 0 saturated heterocycles. The molecule has 10 heteroatoms. The predicted octanol–water partition coefficient (Wildman–Crippen LogP) is 6.09. The Kier molecular flexibility index (Phi) is 9.78. The number of aromatic nitrogens is 1. The highest BCUT2D eigenvalue weighted by Gasteiger charge is 2.31. The molecule has 3 aromatic rings. The normalized spacial score (nSPS) is 14.0. The summed E-state index contributed by atoms with van der Waals surface area (Å²) in [7, 11) is 4.11. The van der Waals surface area contributed by atoms with Crippen LogP contribution in [0.5, 0.6) is 5.75 Å². The Morgan fingerprint density at radius 3 is 2.43 bits per heavy atom. The van der Waals surface area contributed by atoms with E-state index in [9.17, 15) is 18.0 Å². The van der Waals surface area contributed by atoms with Gasteiger partial charge >= 0.3 is 6.36 Å². The third-order valence-corrected chi connectivity index (χ3v) is 7.13. The van der Waals surface area contributed by atoms with Gasteiger partial charge in [-0.15, -0.1) is 13.2 Å². The van der Waals surface area contributed by atoms with Crippen LogP contribution in [0.1, 0.15) is 42.7 Å². The standard InChI is InChI=1S/C32H37F3N4O3/c1-6-38(18-17-37(4)5)26-9-7-8-24(20-26)21-39-23(3)10-15-28(31(39)40)30-36-29(22(2)16-19-41-30)25-11-13-27(14-12-25)42-32(33,34)35/h7-15,20H,6,16-19,21H2,1-5H3. The summed E-state index contributed by atoms with van der Waals surface area (Å²) in [5, 5.41) is 0. The molecule has 0 N–H and O–H groups in total. The van der Waals surface area contributed by atoms with E-state index in [2.05, 4.69) is 47.7 Å². The van der Waals surface area contributed by atoms with E-state index < -0.39 is 6.36 Å². The molecule has 224 valence electrons. The molecule has 0 unspecified atom stereocenters. The van der Waals surface area contributed by atoms with Gasteiger partial charge < -0.3 is 23.8 Å². The van der Waals surface area contributed by atoms with Crippen molar-refractivity contribution in [2.24, 2.45) is 4.99 Å². The van der Waals surface area contributed by atoms with Crippen molar-refractivity contribution in [1.82, 2.24) is 9.47 Å². The van der Waals surface area contributed by atoms with Crippen LogP contribution in [0.3, 0.4) is 0 Å². The number of likely N-dealkylation sites (N-methyl/N-ethyl adjacent to an activating group) is 2. The minimum absolute atomic E-state index is 0.186. The van der Waals surface area contributed by atoms with Crippen molar-refractivity contribution in [1.29, 1.82) is 0 Å². The second kappa shape index (κ2) is 13.3. The quantitative estimate of drug-likeness (QED) is 0.290. The smallest absolute Gasteiger partial charge is 0.477 e. The van der Waals surface area contributed by atoms with Crippen molar-refractivity contribution >= 4 is 17.3 Å². The van der Waals surface area contributed by atoms with Gasteiger partial charge in [0.15, 0.2) is 0 Å². The molecule has 0 atom stereocenters. The van der Waals surface area contributed by atoms with Crippen LogP contribution < -0.4 is 15.2 Å². The Bertz CT molecular complexity index is 1510. The van der Waals surface area contributed by atoms with Crippen molar-refractivity contribution in [3.05, 3.63) is 99.0 Å². The minimum Gasteiger partial charge on any atom is -0.477 e. The fourth-order valence-electron chi connectivity index (χ4n) is 4.77. The van der Waals surface area contributed by atoms with Gasteiger partial charge in [0.05, 0.1) is 18.8 Å². The van der Waals surface area contributed by atoms with E-state index in [1.807, 2.05) is 32.0 Å². The number of hydrogen-bond acceptors (Lipinski definition) is 6. The largest absolute Gasteiger partial charge is 0.573 e. The first-order chi connectivity index (χ1) is 19.9. The SMILES string of the molecule is CCN(CCN(C)C)c1cccc(Cn2c(C)ccc(C3=NC(c4ccc(OC(F)(F)F)cc4)=C(C)CCO3)c2=O)c1. The summed E-state index contributed by atoms with van der Waals surface area (Å²) in [5.74, 6) is -0.130. The Morgan fingerprint density at radius 1 is 1.02 bits per heavy atom. The van der Waals surface area contributed by atoms with Crippen LogP contribution in [-0.2, 0) is 11.3 Å². The monoisotopic (exact) mass is 582 g/mol. The molecule has 0 amide bonds. The summed E-state index contributed by atoms with van der Waals surface area (Å²) in [6.45, 7) is 9.31. The van der Waals surface area contributed by atoms with Gasteiger partial charge in [-0.05, 0) is 94.5 Å². The Hall–Kier alpha value is -4.05. The number of aryl methyl sites for hydroxylation is 1. The first-order valence-corrected chi connectivity index (χ1v) is 13.9. The molecule has 0 saturated carbocycles. The second-order valence-electron chi connectivity index (χ2n) is 10.5. The first-order valence-electron chi connectivity index (χ1n) is 13.9. The molecule has 2 aromatic carbocycles. The second-order valence-corrected chi connectivity index (χ2v) is 10.5. The van der Waals surface area contributed by atoms with Crippen LogP contribution in [0, 0.1) is 6.92 Å². The van der Waals surface area contributed by atoms with Crippen LogP contribution in [0.15, 0.2) is 76.0 Å². The number of pyridine rings is 1. The number of alkyl halides is 3. The molecule has 0 spiro atoms. The van der Waals surface area contributed by atoms with Crippen molar-refractivity contribution in [3.63, 3.8) is 0 Å². The average Bonchev–Trinajstić information content (AvgIpc) is 3.12. The third kappa shape index (κ3) is 7.82. The zero-order chi connectivity index (χ0) is 30.4. The number of benzene rings is 2. The lowest BCUT2D eigenvalue weighted by Gasteiger charge is -2.25. The summed E-state index contributed by atoms with van der Waals surface area (Å²) < 4.78 is 49.5. The molecule has 0 radical (unpaired) electrons. The van der Waals surface area contributed by atoms with Gasteiger partial charge in [0.2, 0.25) is 5.90 Å². The summed E-state index contributed by atoms with van der Waals surface area (Å²) in [4.78, 5) is 23.0. The Balaban J connectivity index is 1.64.